The van der Waals surface area contributed by atoms with Gasteiger partial charge in [0, 0.05) is 12.2 Å². The van der Waals surface area contributed by atoms with E-state index in [1.54, 1.807) is 25.1 Å². The van der Waals surface area contributed by atoms with Gasteiger partial charge in [-0.05, 0) is 74.8 Å². The molecule has 0 saturated heterocycles. The lowest BCUT2D eigenvalue weighted by molar-refractivity contribution is -0.152. The summed E-state index contributed by atoms with van der Waals surface area (Å²) in [6.45, 7) is 5.76. The SMILES string of the molecule is CC1(C)[C@@H]2C[C@H](N(CC(O)c3ccccn3)C(=O)c3cnn([C@H]4CC[C@](C)(C(=O)O)CC4)c3C(F)(F)F)C[C@@H]21. The standard InChI is InChI=1S/C28H35F3N4O4/c1-26(2)19-12-17(13-20(19)26)34(15-22(36)21-6-4-5-11-32-21)24(37)18-14-33-35(23(18)28(29,30)31)16-7-9-27(3,10-8-16)25(38)39/h4-6,11,14,16-17,19-20,22,36H,7-10,12-13,15H2,1-3H3,(H,38,39)/t16-,17-,19+,20-,22?,27-. The fourth-order valence-corrected chi connectivity index (χ4v) is 6.91. The maximum Gasteiger partial charge on any atom is 0.433 e. The van der Waals surface area contributed by atoms with Crippen LogP contribution in [0, 0.1) is 22.7 Å². The number of rotatable bonds is 7. The van der Waals surface area contributed by atoms with Crippen molar-refractivity contribution in [3.8, 4) is 0 Å². The highest BCUT2D eigenvalue weighted by Crippen LogP contribution is 2.67. The van der Waals surface area contributed by atoms with Gasteiger partial charge in [-0.25, -0.2) is 0 Å². The first kappa shape index (κ1) is 27.6. The Labute approximate surface area is 225 Å². The number of fused-ring (bicyclic) bond motifs is 1. The van der Waals surface area contributed by atoms with Crippen molar-refractivity contribution in [3.05, 3.63) is 47.5 Å². The minimum atomic E-state index is -4.85. The van der Waals surface area contributed by atoms with Crippen LogP contribution in [-0.2, 0) is 11.0 Å². The number of amides is 1. The summed E-state index contributed by atoms with van der Waals surface area (Å²) in [5, 5.41) is 24.5. The molecular weight excluding hydrogens is 513 g/mol. The zero-order chi connectivity index (χ0) is 28.3. The van der Waals surface area contributed by atoms with E-state index < -0.39 is 46.9 Å². The number of aliphatic hydroxyl groups excluding tert-OH is 1. The third-order valence-corrected chi connectivity index (χ3v) is 9.66. The summed E-state index contributed by atoms with van der Waals surface area (Å²) in [5.41, 5.74) is -2.15. The number of alkyl halides is 3. The molecule has 11 heteroatoms. The van der Waals surface area contributed by atoms with Gasteiger partial charge in [0.1, 0.15) is 6.10 Å². The van der Waals surface area contributed by atoms with E-state index in [9.17, 15) is 33.0 Å². The summed E-state index contributed by atoms with van der Waals surface area (Å²) in [6, 6.07) is 4.06. The first-order valence-corrected chi connectivity index (χ1v) is 13.5. The predicted molar refractivity (Wildman–Crippen MR) is 134 cm³/mol. The average molecular weight is 549 g/mol. The van der Waals surface area contributed by atoms with E-state index in [1.165, 1.54) is 11.1 Å². The molecule has 39 heavy (non-hydrogen) atoms. The molecule has 2 aromatic heterocycles. The number of hydrogen-bond acceptors (Lipinski definition) is 5. The van der Waals surface area contributed by atoms with Crippen molar-refractivity contribution in [1.29, 1.82) is 0 Å². The van der Waals surface area contributed by atoms with Gasteiger partial charge in [-0.15, -0.1) is 0 Å². The van der Waals surface area contributed by atoms with Crippen LogP contribution >= 0.6 is 0 Å². The Hall–Kier alpha value is -2.95. The molecule has 3 aliphatic carbocycles. The lowest BCUT2D eigenvalue weighted by Gasteiger charge is -2.35. The summed E-state index contributed by atoms with van der Waals surface area (Å²) in [6.07, 6.45) is -1.30. The third kappa shape index (κ3) is 4.94. The molecule has 4 atom stereocenters. The van der Waals surface area contributed by atoms with Gasteiger partial charge >= 0.3 is 12.1 Å². The number of hydrogen-bond donors (Lipinski definition) is 2. The Kier molecular flexibility index (Phi) is 6.80. The number of nitrogens with zero attached hydrogens (tertiary/aromatic N) is 4. The second-order valence-electron chi connectivity index (χ2n) is 12.3. The quantitative estimate of drug-likeness (QED) is 0.498. The lowest BCUT2D eigenvalue weighted by atomic mass is 9.74. The highest BCUT2D eigenvalue weighted by atomic mass is 19.4. The zero-order valence-corrected chi connectivity index (χ0v) is 22.4. The van der Waals surface area contributed by atoms with Crippen LogP contribution in [0.2, 0.25) is 0 Å². The molecule has 2 aromatic rings. The van der Waals surface area contributed by atoms with E-state index in [2.05, 4.69) is 23.9 Å². The van der Waals surface area contributed by atoms with E-state index in [0.717, 1.165) is 10.9 Å². The van der Waals surface area contributed by atoms with Crippen LogP contribution in [0.5, 0.6) is 0 Å². The number of carbonyl (C=O) groups is 2. The maximum absolute atomic E-state index is 14.5. The van der Waals surface area contributed by atoms with E-state index in [1.807, 2.05) is 0 Å². The molecule has 0 aliphatic heterocycles. The van der Waals surface area contributed by atoms with Gasteiger partial charge in [0.25, 0.3) is 5.91 Å². The number of halogens is 3. The molecule has 3 aliphatic rings. The Morgan fingerprint density at radius 2 is 1.79 bits per heavy atom. The number of carboxylic acid groups (broad SMARTS) is 1. The summed E-state index contributed by atoms with van der Waals surface area (Å²) in [5.74, 6) is -0.993. The summed E-state index contributed by atoms with van der Waals surface area (Å²) in [4.78, 5) is 31.1. The Morgan fingerprint density at radius 1 is 1.15 bits per heavy atom. The van der Waals surface area contributed by atoms with Crippen molar-refractivity contribution >= 4 is 11.9 Å². The molecule has 1 unspecified atom stereocenters. The van der Waals surface area contributed by atoms with Crippen molar-refractivity contribution in [3.63, 3.8) is 0 Å². The van der Waals surface area contributed by atoms with Gasteiger partial charge < -0.3 is 15.1 Å². The largest absolute Gasteiger partial charge is 0.481 e. The molecule has 5 rings (SSSR count). The molecule has 0 radical (unpaired) electrons. The highest BCUT2D eigenvalue weighted by molar-refractivity contribution is 5.95. The monoisotopic (exact) mass is 548 g/mol. The average Bonchev–Trinajstić information content (AvgIpc) is 3.32. The Morgan fingerprint density at radius 3 is 2.33 bits per heavy atom. The minimum absolute atomic E-state index is 0.151. The number of carboxylic acids is 1. The van der Waals surface area contributed by atoms with E-state index in [4.69, 9.17) is 0 Å². The van der Waals surface area contributed by atoms with Crippen molar-refractivity contribution in [2.24, 2.45) is 22.7 Å². The number of pyridine rings is 1. The van der Waals surface area contributed by atoms with Crippen LogP contribution in [-0.4, -0.2) is 54.3 Å². The zero-order valence-electron chi connectivity index (χ0n) is 22.4. The van der Waals surface area contributed by atoms with Gasteiger partial charge in [-0.2, -0.15) is 18.3 Å². The van der Waals surface area contributed by atoms with Crippen LogP contribution in [0.15, 0.2) is 30.6 Å². The van der Waals surface area contributed by atoms with E-state index in [0.29, 0.717) is 30.4 Å². The summed E-state index contributed by atoms with van der Waals surface area (Å²) < 4.78 is 44.3. The topological polar surface area (TPSA) is 109 Å². The molecule has 2 N–H and O–H groups in total. The van der Waals surface area contributed by atoms with Crippen molar-refractivity contribution in [2.45, 2.75) is 83.7 Å². The minimum Gasteiger partial charge on any atom is -0.481 e. The maximum atomic E-state index is 14.5. The summed E-state index contributed by atoms with van der Waals surface area (Å²) >= 11 is 0. The van der Waals surface area contributed by atoms with Crippen LogP contribution in [0.25, 0.3) is 0 Å². The molecule has 0 bridgehead atoms. The molecule has 3 fully saturated rings. The van der Waals surface area contributed by atoms with Gasteiger partial charge in [0.15, 0.2) is 5.69 Å². The highest BCUT2D eigenvalue weighted by Gasteiger charge is 2.63. The van der Waals surface area contributed by atoms with Crippen LogP contribution in [0.4, 0.5) is 13.2 Å². The third-order valence-electron chi connectivity index (χ3n) is 9.66. The van der Waals surface area contributed by atoms with E-state index >= 15 is 0 Å². The number of aliphatic carboxylic acids is 1. The molecule has 1 amide bonds. The van der Waals surface area contributed by atoms with Crippen LogP contribution in [0.1, 0.15) is 93.2 Å². The van der Waals surface area contributed by atoms with Crippen molar-refractivity contribution in [2.75, 3.05) is 6.54 Å². The second-order valence-corrected chi connectivity index (χ2v) is 12.3. The Bertz CT molecular complexity index is 1220. The lowest BCUT2D eigenvalue weighted by Crippen LogP contribution is -2.43. The first-order chi connectivity index (χ1) is 18.2. The van der Waals surface area contributed by atoms with Crippen LogP contribution < -0.4 is 0 Å². The molecule has 0 spiro atoms. The number of aliphatic hydroxyl groups is 1. The molecule has 2 heterocycles. The fraction of sp³-hybridized carbons (Fsp3) is 0.643. The van der Waals surface area contributed by atoms with Crippen molar-refractivity contribution in [1.82, 2.24) is 19.7 Å². The summed E-state index contributed by atoms with van der Waals surface area (Å²) in [7, 11) is 0. The molecule has 0 aromatic carbocycles. The van der Waals surface area contributed by atoms with Gasteiger partial charge in [0.05, 0.1) is 35.5 Å². The normalized spacial score (nSPS) is 30.4. The van der Waals surface area contributed by atoms with Gasteiger partial charge in [-0.1, -0.05) is 19.9 Å². The Balaban J connectivity index is 1.45. The van der Waals surface area contributed by atoms with Crippen molar-refractivity contribution < 1.29 is 33.0 Å². The predicted octanol–water partition coefficient (Wildman–Crippen LogP) is 5.11. The van der Waals surface area contributed by atoms with E-state index in [-0.39, 0.29) is 43.7 Å². The molecule has 8 nitrogen and oxygen atoms in total. The number of carbonyl (C=O) groups excluding carboxylic acids is 1. The fourth-order valence-electron chi connectivity index (χ4n) is 6.91. The van der Waals surface area contributed by atoms with Gasteiger partial charge in [-0.3, -0.25) is 19.3 Å². The molecular formula is C28H35F3N4O4. The molecule has 3 saturated carbocycles. The number of aromatic nitrogens is 3. The molecule has 212 valence electrons. The smallest absolute Gasteiger partial charge is 0.433 e. The van der Waals surface area contributed by atoms with Crippen LogP contribution in [0.3, 0.4) is 0 Å². The van der Waals surface area contributed by atoms with Gasteiger partial charge in [0.2, 0.25) is 0 Å². The first-order valence-electron chi connectivity index (χ1n) is 13.5. The second kappa shape index (κ2) is 9.60.